The van der Waals surface area contributed by atoms with Gasteiger partial charge in [-0.05, 0) is 50.4 Å². The number of rotatable bonds is 5. The van der Waals surface area contributed by atoms with Crippen molar-refractivity contribution in [2.75, 3.05) is 11.9 Å². The monoisotopic (exact) mass is 287 g/mol. The summed E-state index contributed by atoms with van der Waals surface area (Å²) in [6.45, 7) is 7.97. The highest BCUT2D eigenvalue weighted by atomic mass is 15.0. The van der Waals surface area contributed by atoms with Crippen molar-refractivity contribution in [3.05, 3.63) is 17.6 Å². The number of aromatic nitrogens is 2. The third kappa shape index (κ3) is 3.75. The smallest absolute Gasteiger partial charge is 0.134 e. The third-order valence-corrected chi connectivity index (χ3v) is 5.02. The highest BCUT2D eigenvalue weighted by Crippen LogP contribution is 2.43. The molecule has 0 aliphatic heterocycles. The lowest BCUT2D eigenvalue weighted by molar-refractivity contribution is 0.220. The van der Waals surface area contributed by atoms with Gasteiger partial charge < -0.3 is 5.32 Å². The molecule has 2 fully saturated rings. The van der Waals surface area contributed by atoms with Crippen molar-refractivity contribution >= 4 is 5.82 Å². The summed E-state index contributed by atoms with van der Waals surface area (Å²) in [5, 5.41) is 3.46. The van der Waals surface area contributed by atoms with Crippen LogP contribution in [0.5, 0.6) is 0 Å². The van der Waals surface area contributed by atoms with E-state index in [2.05, 4.69) is 32.2 Å². The Bertz CT molecular complexity index is 481. The fourth-order valence-electron chi connectivity index (χ4n) is 3.26. The molecule has 116 valence electrons. The van der Waals surface area contributed by atoms with Crippen LogP contribution < -0.4 is 5.32 Å². The molecule has 2 aliphatic carbocycles. The topological polar surface area (TPSA) is 37.8 Å². The van der Waals surface area contributed by atoms with Crippen LogP contribution in [0, 0.1) is 5.41 Å². The molecule has 0 unspecified atom stereocenters. The standard InChI is InChI=1S/C18H29N3/c1-4-11-19-16-12-15(13-5-6-13)20-17(21-16)14-7-9-18(2,3)10-8-14/h12-14H,4-11H2,1-3H3,(H,19,20,21). The lowest BCUT2D eigenvalue weighted by atomic mass is 9.73. The van der Waals surface area contributed by atoms with Crippen molar-refractivity contribution in [3.63, 3.8) is 0 Å². The molecule has 0 radical (unpaired) electrons. The molecule has 1 N–H and O–H groups in total. The predicted molar refractivity (Wildman–Crippen MR) is 87.8 cm³/mol. The van der Waals surface area contributed by atoms with E-state index in [0.717, 1.165) is 24.6 Å². The highest BCUT2D eigenvalue weighted by Gasteiger charge is 2.31. The van der Waals surface area contributed by atoms with Crippen molar-refractivity contribution in [2.45, 2.75) is 77.6 Å². The number of hydrogen-bond donors (Lipinski definition) is 1. The molecule has 2 saturated carbocycles. The summed E-state index contributed by atoms with van der Waals surface area (Å²) in [4.78, 5) is 9.75. The summed E-state index contributed by atoms with van der Waals surface area (Å²) in [7, 11) is 0. The molecule has 3 heteroatoms. The van der Waals surface area contributed by atoms with Crippen LogP contribution in [0.3, 0.4) is 0 Å². The first-order chi connectivity index (χ1) is 10.1. The zero-order chi connectivity index (χ0) is 14.9. The predicted octanol–water partition coefficient (Wildman–Crippen LogP) is 4.86. The number of nitrogens with one attached hydrogen (secondary N) is 1. The fourth-order valence-corrected chi connectivity index (χ4v) is 3.26. The van der Waals surface area contributed by atoms with Crippen LogP contribution in [0.1, 0.15) is 89.1 Å². The maximum Gasteiger partial charge on any atom is 0.134 e. The van der Waals surface area contributed by atoms with Gasteiger partial charge in [-0.15, -0.1) is 0 Å². The number of hydrogen-bond acceptors (Lipinski definition) is 3. The Balaban J connectivity index is 1.78. The number of nitrogens with zero attached hydrogens (tertiary/aromatic N) is 2. The van der Waals surface area contributed by atoms with E-state index in [-0.39, 0.29) is 0 Å². The molecule has 0 spiro atoms. The van der Waals surface area contributed by atoms with E-state index in [9.17, 15) is 0 Å². The number of anilines is 1. The van der Waals surface area contributed by atoms with E-state index in [4.69, 9.17) is 9.97 Å². The summed E-state index contributed by atoms with van der Waals surface area (Å²) in [5.74, 6) is 3.43. The van der Waals surface area contributed by atoms with Gasteiger partial charge in [0.1, 0.15) is 11.6 Å². The minimum Gasteiger partial charge on any atom is -0.370 e. The second kappa shape index (κ2) is 5.94. The highest BCUT2D eigenvalue weighted by molar-refractivity contribution is 5.38. The van der Waals surface area contributed by atoms with E-state index in [1.165, 1.54) is 44.2 Å². The van der Waals surface area contributed by atoms with Gasteiger partial charge in [0.15, 0.2) is 0 Å². The molecule has 1 aromatic heterocycles. The average Bonchev–Trinajstić information content (AvgIpc) is 3.29. The molecule has 21 heavy (non-hydrogen) atoms. The zero-order valence-corrected chi connectivity index (χ0v) is 13.8. The molecule has 3 nitrogen and oxygen atoms in total. The molecule has 0 aromatic carbocycles. The van der Waals surface area contributed by atoms with E-state index in [0.29, 0.717) is 17.3 Å². The Kier molecular flexibility index (Phi) is 4.19. The van der Waals surface area contributed by atoms with Crippen LogP contribution in [0.25, 0.3) is 0 Å². The van der Waals surface area contributed by atoms with E-state index in [1.54, 1.807) is 0 Å². The Morgan fingerprint density at radius 3 is 2.43 bits per heavy atom. The van der Waals surface area contributed by atoms with Crippen molar-refractivity contribution < 1.29 is 0 Å². The molecule has 2 aliphatic rings. The van der Waals surface area contributed by atoms with Gasteiger partial charge in [0.25, 0.3) is 0 Å². The maximum absolute atomic E-state index is 4.92. The minimum atomic E-state index is 0.508. The van der Waals surface area contributed by atoms with Gasteiger partial charge in [0.05, 0.1) is 0 Å². The summed E-state index contributed by atoms with van der Waals surface area (Å²) < 4.78 is 0. The summed E-state index contributed by atoms with van der Waals surface area (Å²) in [6.07, 6.45) is 8.83. The second-order valence-electron chi connectivity index (χ2n) is 7.68. The van der Waals surface area contributed by atoms with Gasteiger partial charge in [0, 0.05) is 30.1 Å². The van der Waals surface area contributed by atoms with E-state index < -0.39 is 0 Å². The van der Waals surface area contributed by atoms with Gasteiger partial charge in [-0.2, -0.15) is 0 Å². The Morgan fingerprint density at radius 1 is 1.10 bits per heavy atom. The Labute approximate surface area is 129 Å². The molecule has 3 rings (SSSR count). The summed E-state index contributed by atoms with van der Waals surface area (Å²) in [5.41, 5.74) is 1.79. The van der Waals surface area contributed by atoms with Crippen LogP contribution in [0.4, 0.5) is 5.82 Å². The normalized spacial score (nSPS) is 22.2. The molecule has 0 saturated heterocycles. The van der Waals surface area contributed by atoms with Crippen LogP contribution in [0.2, 0.25) is 0 Å². The molecule has 1 aromatic rings. The van der Waals surface area contributed by atoms with Crippen molar-refractivity contribution in [3.8, 4) is 0 Å². The molecule has 0 atom stereocenters. The van der Waals surface area contributed by atoms with E-state index >= 15 is 0 Å². The second-order valence-corrected chi connectivity index (χ2v) is 7.68. The van der Waals surface area contributed by atoms with Gasteiger partial charge in [0.2, 0.25) is 0 Å². The van der Waals surface area contributed by atoms with Crippen LogP contribution in [-0.4, -0.2) is 16.5 Å². The molecular weight excluding hydrogens is 258 g/mol. The summed E-state index contributed by atoms with van der Waals surface area (Å²) >= 11 is 0. The first-order valence-corrected chi connectivity index (χ1v) is 8.70. The molecular formula is C18H29N3. The van der Waals surface area contributed by atoms with Gasteiger partial charge >= 0.3 is 0 Å². The van der Waals surface area contributed by atoms with Gasteiger partial charge in [-0.25, -0.2) is 9.97 Å². The fraction of sp³-hybridized carbons (Fsp3) is 0.778. The van der Waals surface area contributed by atoms with Crippen molar-refractivity contribution in [1.29, 1.82) is 0 Å². The van der Waals surface area contributed by atoms with Crippen LogP contribution >= 0.6 is 0 Å². The minimum absolute atomic E-state index is 0.508. The van der Waals surface area contributed by atoms with Gasteiger partial charge in [-0.1, -0.05) is 20.8 Å². The van der Waals surface area contributed by atoms with E-state index in [1.807, 2.05) is 0 Å². The van der Waals surface area contributed by atoms with Crippen LogP contribution in [-0.2, 0) is 0 Å². The molecule has 1 heterocycles. The SMILES string of the molecule is CCCNc1cc(C2CC2)nc(C2CCC(C)(C)CC2)n1. The molecule has 0 amide bonds. The first-order valence-electron chi connectivity index (χ1n) is 8.70. The largest absolute Gasteiger partial charge is 0.370 e. The zero-order valence-electron chi connectivity index (χ0n) is 13.8. The van der Waals surface area contributed by atoms with Crippen molar-refractivity contribution in [1.82, 2.24) is 9.97 Å². The lowest BCUT2D eigenvalue weighted by Gasteiger charge is -2.33. The van der Waals surface area contributed by atoms with Crippen LogP contribution in [0.15, 0.2) is 6.07 Å². The first kappa shape index (κ1) is 14.8. The lowest BCUT2D eigenvalue weighted by Crippen LogP contribution is -2.22. The quantitative estimate of drug-likeness (QED) is 0.840. The summed E-state index contributed by atoms with van der Waals surface area (Å²) in [6, 6.07) is 2.18. The Morgan fingerprint density at radius 2 is 1.81 bits per heavy atom. The van der Waals surface area contributed by atoms with Crippen molar-refractivity contribution in [2.24, 2.45) is 5.41 Å². The molecule has 0 bridgehead atoms. The maximum atomic E-state index is 4.92. The average molecular weight is 287 g/mol. The van der Waals surface area contributed by atoms with Gasteiger partial charge in [-0.3, -0.25) is 0 Å². The Hall–Kier alpha value is -1.12. The third-order valence-electron chi connectivity index (χ3n) is 5.02.